The van der Waals surface area contributed by atoms with E-state index in [4.69, 9.17) is 0 Å². The van der Waals surface area contributed by atoms with Crippen LogP contribution in [0.3, 0.4) is 0 Å². The molecule has 0 saturated carbocycles. The Hall–Kier alpha value is -5.34. The second-order valence-electron chi connectivity index (χ2n) is 10.3. The number of para-hydroxylation sites is 2. The van der Waals surface area contributed by atoms with Crippen molar-refractivity contribution in [2.24, 2.45) is 0 Å². The fraction of sp³-hybridized carbons (Fsp3) is 0. The molecule has 8 aromatic rings. The van der Waals surface area contributed by atoms with Gasteiger partial charge in [-0.05, 0) is 70.8 Å². The topological polar surface area (TPSA) is 9.86 Å². The highest BCUT2D eigenvalue weighted by molar-refractivity contribution is 6.18. The van der Waals surface area contributed by atoms with Crippen LogP contribution in [0.25, 0.3) is 66.3 Å². The summed E-state index contributed by atoms with van der Waals surface area (Å²) in [6.45, 7) is 0. The van der Waals surface area contributed by atoms with Crippen LogP contribution >= 0.6 is 0 Å². The Morgan fingerprint density at radius 2 is 0.950 bits per heavy atom. The van der Waals surface area contributed by atoms with Crippen molar-refractivity contribution >= 4 is 32.7 Å². The van der Waals surface area contributed by atoms with Crippen LogP contribution in [0, 0.1) is 0 Å². The molecule has 0 spiro atoms. The molecule has 0 amide bonds. The van der Waals surface area contributed by atoms with Gasteiger partial charge in [-0.25, -0.2) is 0 Å². The number of rotatable bonds is 4. The van der Waals surface area contributed by atoms with Crippen LogP contribution in [0.4, 0.5) is 0 Å². The van der Waals surface area contributed by atoms with Gasteiger partial charge in [0.1, 0.15) is 0 Å². The first-order valence-corrected chi connectivity index (χ1v) is 13.7. The summed E-state index contributed by atoms with van der Waals surface area (Å²) in [6.07, 6.45) is 2.22. The lowest BCUT2D eigenvalue weighted by Gasteiger charge is -2.13. The van der Waals surface area contributed by atoms with E-state index >= 15 is 0 Å². The van der Waals surface area contributed by atoms with E-state index in [1.807, 2.05) is 0 Å². The molecule has 6 aromatic carbocycles. The minimum absolute atomic E-state index is 1.15. The molecule has 0 saturated heterocycles. The summed E-state index contributed by atoms with van der Waals surface area (Å²) in [5.74, 6) is 0. The van der Waals surface area contributed by atoms with E-state index < -0.39 is 0 Å². The van der Waals surface area contributed by atoms with Gasteiger partial charge in [0.05, 0.1) is 16.6 Å². The molecular weight excluding hydrogens is 484 g/mol. The molecule has 188 valence electrons. The summed E-state index contributed by atoms with van der Waals surface area (Å²) in [7, 11) is 0. The maximum atomic E-state index is 2.41. The first-order chi connectivity index (χ1) is 19.8. The molecule has 0 fully saturated rings. The van der Waals surface area contributed by atoms with Gasteiger partial charge in [-0.3, -0.25) is 0 Å². The lowest BCUT2D eigenvalue weighted by atomic mass is 9.98. The smallest absolute Gasteiger partial charge is 0.0635 e. The highest BCUT2D eigenvalue weighted by Gasteiger charge is 2.17. The van der Waals surface area contributed by atoms with Crippen molar-refractivity contribution in [2.45, 2.75) is 0 Å². The van der Waals surface area contributed by atoms with E-state index in [2.05, 4.69) is 167 Å². The summed E-state index contributed by atoms with van der Waals surface area (Å²) in [4.78, 5) is 0. The largest absolute Gasteiger partial charge is 0.316 e. The molecule has 0 aliphatic carbocycles. The van der Waals surface area contributed by atoms with Crippen LogP contribution in [0.2, 0.25) is 0 Å². The average molecular weight is 511 g/mol. The normalized spacial score (nSPS) is 11.5. The van der Waals surface area contributed by atoms with Crippen molar-refractivity contribution in [2.75, 3.05) is 0 Å². The molecule has 0 atom stereocenters. The van der Waals surface area contributed by atoms with Crippen molar-refractivity contribution < 1.29 is 0 Å². The summed E-state index contributed by atoms with van der Waals surface area (Å²) in [6, 6.07) is 54.4. The van der Waals surface area contributed by atoms with E-state index in [0.717, 1.165) is 5.69 Å². The van der Waals surface area contributed by atoms with Gasteiger partial charge in [-0.1, -0.05) is 103 Å². The molecule has 0 aliphatic heterocycles. The molecule has 8 rings (SSSR count). The van der Waals surface area contributed by atoms with Crippen LogP contribution in [0.1, 0.15) is 0 Å². The first-order valence-electron chi connectivity index (χ1n) is 13.7. The Balaban J connectivity index is 1.41. The highest BCUT2D eigenvalue weighted by Crippen LogP contribution is 2.38. The van der Waals surface area contributed by atoms with Crippen molar-refractivity contribution in [3.63, 3.8) is 0 Å². The Morgan fingerprint density at radius 3 is 1.62 bits per heavy atom. The molecule has 0 aliphatic rings. The average Bonchev–Trinajstić information content (AvgIpc) is 3.62. The summed E-state index contributed by atoms with van der Waals surface area (Å²) >= 11 is 0. The van der Waals surface area contributed by atoms with Crippen LogP contribution in [0.15, 0.2) is 158 Å². The number of aromatic nitrogens is 2. The van der Waals surface area contributed by atoms with E-state index in [9.17, 15) is 0 Å². The van der Waals surface area contributed by atoms with Crippen molar-refractivity contribution in [3.8, 4) is 33.6 Å². The van der Waals surface area contributed by atoms with Gasteiger partial charge in [0.15, 0.2) is 0 Å². The zero-order chi connectivity index (χ0) is 26.5. The van der Waals surface area contributed by atoms with Crippen LogP contribution in [-0.2, 0) is 0 Å². The SMILES string of the molecule is c1ccc(-c2cc(-c3ccccc3)cc(-n3ccc4c3ccc3c5ccccc5n(-c5ccccc5)c34)c2)cc1. The number of benzene rings is 6. The molecule has 2 nitrogen and oxygen atoms in total. The number of hydrogen-bond acceptors (Lipinski definition) is 0. The third kappa shape index (κ3) is 3.58. The van der Waals surface area contributed by atoms with Gasteiger partial charge in [0.25, 0.3) is 0 Å². The Bertz CT molecular complexity index is 2080. The van der Waals surface area contributed by atoms with Gasteiger partial charge in [-0.15, -0.1) is 0 Å². The third-order valence-corrected chi connectivity index (χ3v) is 7.93. The molecule has 2 heteroatoms. The van der Waals surface area contributed by atoms with Gasteiger partial charge < -0.3 is 9.13 Å². The molecule has 2 heterocycles. The van der Waals surface area contributed by atoms with Crippen molar-refractivity contribution in [3.05, 3.63) is 158 Å². The summed E-state index contributed by atoms with van der Waals surface area (Å²) in [5, 5.41) is 3.78. The van der Waals surface area contributed by atoms with Gasteiger partial charge in [0, 0.05) is 33.7 Å². The molecule has 0 unspecified atom stereocenters. The molecular formula is C38H26N2. The van der Waals surface area contributed by atoms with Crippen molar-refractivity contribution in [1.82, 2.24) is 9.13 Å². The minimum Gasteiger partial charge on any atom is -0.316 e. The molecule has 0 radical (unpaired) electrons. The summed E-state index contributed by atoms with van der Waals surface area (Å²) < 4.78 is 4.74. The molecule has 0 bridgehead atoms. The van der Waals surface area contributed by atoms with E-state index in [-0.39, 0.29) is 0 Å². The second kappa shape index (κ2) is 9.14. The second-order valence-corrected chi connectivity index (χ2v) is 10.3. The van der Waals surface area contributed by atoms with Gasteiger partial charge >= 0.3 is 0 Å². The Kier molecular flexibility index (Phi) is 5.17. The maximum absolute atomic E-state index is 2.41. The Morgan fingerprint density at radius 1 is 0.350 bits per heavy atom. The fourth-order valence-electron chi connectivity index (χ4n) is 6.09. The lowest BCUT2D eigenvalue weighted by molar-refractivity contribution is 1.13. The predicted octanol–water partition coefficient (Wildman–Crippen LogP) is 10.1. The van der Waals surface area contributed by atoms with Crippen LogP contribution in [0.5, 0.6) is 0 Å². The minimum atomic E-state index is 1.15. The lowest BCUT2D eigenvalue weighted by Crippen LogP contribution is -1.96. The first kappa shape index (κ1) is 22.6. The zero-order valence-corrected chi connectivity index (χ0v) is 21.9. The van der Waals surface area contributed by atoms with E-state index in [1.165, 1.54) is 60.6 Å². The summed E-state index contributed by atoms with van der Waals surface area (Å²) in [5.41, 5.74) is 10.8. The number of nitrogens with zero attached hydrogens (tertiary/aromatic N) is 2. The van der Waals surface area contributed by atoms with Crippen molar-refractivity contribution in [1.29, 1.82) is 0 Å². The zero-order valence-electron chi connectivity index (χ0n) is 21.9. The quantitative estimate of drug-likeness (QED) is 0.223. The predicted molar refractivity (Wildman–Crippen MR) is 168 cm³/mol. The number of hydrogen-bond donors (Lipinski definition) is 0. The fourth-order valence-corrected chi connectivity index (χ4v) is 6.09. The third-order valence-electron chi connectivity index (χ3n) is 7.93. The molecule has 40 heavy (non-hydrogen) atoms. The van der Waals surface area contributed by atoms with Crippen LogP contribution < -0.4 is 0 Å². The van der Waals surface area contributed by atoms with E-state index in [1.54, 1.807) is 0 Å². The van der Waals surface area contributed by atoms with E-state index in [0.29, 0.717) is 0 Å². The Labute approximate surface area is 233 Å². The molecule has 0 N–H and O–H groups in total. The van der Waals surface area contributed by atoms with Gasteiger partial charge in [-0.2, -0.15) is 0 Å². The molecule has 2 aromatic heterocycles. The highest BCUT2D eigenvalue weighted by atomic mass is 15.0. The van der Waals surface area contributed by atoms with Gasteiger partial charge in [0.2, 0.25) is 0 Å². The monoisotopic (exact) mass is 510 g/mol. The maximum Gasteiger partial charge on any atom is 0.0635 e. The number of fused-ring (bicyclic) bond motifs is 5. The standard InChI is InChI=1S/C38H26N2/c1-4-12-27(13-5-1)29-24-30(28-14-6-2-7-15-28)26-32(25-29)39-23-22-35-36(39)21-20-34-33-18-10-11-19-37(33)40(38(34)35)31-16-8-3-9-17-31/h1-26H. The van der Waals surface area contributed by atoms with Crippen LogP contribution in [-0.4, -0.2) is 9.13 Å².